The maximum atomic E-state index is 12.8. The molecule has 0 atom stereocenters. The second kappa shape index (κ2) is 8.62. The summed E-state index contributed by atoms with van der Waals surface area (Å²) in [6, 6.07) is 11.2. The van der Waals surface area contributed by atoms with Crippen LogP contribution in [0.15, 0.2) is 70.4 Å². The highest BCUT2D eigenvalue weighted by molar-refractivity contribution is 5.79. The van der Waals surface area contributed by atoms with Gasteiger partial charge < -0.3 is 14.1 Å². The van der Waals surface area contributed by atoms with Gasteiger partial charge in [-0.05, 0) is 29.8 Å². The molecule has 0 aliphatic carbocycles. The number of piperidine rings is 1. The Balaban J connectivity index is 1.17. The number of para-hydroxylation sites is 2. The van der Waals surface area contributed by atoms with Gasteiger partial charge in [0.05, 0.1) is 5.52 Å². The van der Waals surface area contributed by atoms with Gasteiger partial charge in [0, 0.05) is 56.3 Å². The average Bonchev–Trinajstić information content (AvgIpc) is 3.15. The van der Waals surface area contributed by atoms with Crippen LogP contribution in [0, 0.1) is 0 Å². The number of carbonyl (C=O) groups excluding carboxylic acids is 1. The average molecular weight is 431 g/mol. The van der Waals surface area contributed by atoms with Crippen molar-refractivity contribution in [3.8, 4) is 17.1 Å². The molecule has 162 valence electrons. The molecule has 9 heteroatoms. The largest absolute Gasteiger partial charge is 0.460 e. The molecule has 3 aromatic heterocycles. The summed E-state index contributed by atoms with van der Waals surface area (Å²) in [7, 11) is 0. The van der Waals surface area contributed by atoms with Crippen LogP contribution in [0.5, 0.6) is 6.01 Å². The Labute approximate surface area is 183 Å². The summed E-state index contributed by atoms with van der Waals surface area (Å²) in [6.07, 6.45) is 8.17. The zero-order valence-corrected chi connectivity index (χ0v) is 17.3. The summed E-state index contributed by atoms with van der Waals surface area (Å²) in [6.45, 7) is 1.05. The van der Waals surface area contributed by atoms with E-state index < -0.39 is 5.76 Å². The molecule has 9 nitrogen and oxygen atoms in total. The first-order valence-corrected chi connectivity index (χ1v) is 10.4. The fraction of sp³-hybridized carbons (Fsp3) is 0.261. The van der Waals surface area contributed by atoms with Crippen molar-refractivity contribution >= 4 is 17.0 Å². The van der Waals surface area contributed by atoms with Gasteiger partial charge >= 0.3 is 11.8 Å². The summed E-state index contributed by atoms with van der Waals surface area (Å²) < 4.78 is 12.5. The van der Waals surface area contributed by atoms with Crippen molar-refractivity contribution in [2.45, 2.75) is 25.5 Å². The van der Waals surface area contributed by atoms with Crippen molar-refractivity contribution < 1.29 is 13.9 Å². The molecule has 4 heterocycles. The maximum absolute atomic E-state index is 12.8. The van der Waals surface area contributed by atoms with Gasteiger partial charge in [-0.1, -0.05) is 12.1 Å². The number of rotatable bonds is 5. The van der Waals surface area contributed by atoms with Crippen LogP contribution in [0.25, 0.3) is 22.2 Å². The molecule has 5 rings (SSSR count). The summed E-state index contributed by atoms with van der Waals surface area (Å²) in [5, 5.41) is 0. The Morgan fingerprint density at radius 1 is 1.03 bits per heavy atom. The quantitative estimate of drug-likeness (QED) is 0.478. The predicted molar refractivity (Wildman–Crippen MR) is 116 cm³/mol. The summed E-state index contributed by atoms with van der Waals surface area (Å²) >= 11 is 0. The highest BCUT2D eigenvalue weighted by Gasteiger charge is 2.25. The first-order chi connectivity index (χ1) is 15.7. The molecule has 1 aliphatic rings. The lowest BCUT2D eigenvalue weighted by molar-refractivity contribution is -0.133. The highest BCUT2D eigenvalue weighted by Crippen LogP contribution is 2.20. The van der Waals surface area contributed by atoms with Gasteiger partial charge in [-0.3, -0.25) is 14.3 Å². The molecule has 1 amide bonds. The third kappa shape index (κ3) is 4.09. The fourth-order valence-corrected chi connectivity index (χ4v) is 3.84. The van der Waals surface area contributed by atoms with Gasteiger partial charge in [-0.15, -0.1) is 0 Å². The van der Waals surface area contributed by atoms with E-state index in [1.165, 1.54) is 4.57 Å². The van der Waals surface area contributed by atoms with E-state index in [-0.39, 0.29) is 18.6 Å². The minimum absolute atomic E-state index is 0.0407. The Morgan fingerprint density at radius 2 is 1.75 bits per heavy atom. The van der Waals surface area contributed by atoms with E-state index in [1.54, 1.807) is 47.9 Å². The molecule has 1 saturated heterocycles. The molecule has 1 aliphatic heterocycles. The molecular formula is C23H21N5O4. The van der Waals surface area contributed by atoms with E-state index in [4.69, 9.17) is 9.15 Å². The molecule has 1 aromatic carbocycles. The normalized spacial score (nSPS) is 14.6. The molecule has 32 heavy (non-hydrogen) atoms. The van der Waals surface area contributed by atoms with Crippen LogP contribution in [-0.4, -0.2) is 49.5 Å². The van der Waals surface area contributed by atoms with Crippen LogP contribution in [-0.2, 0) is 11.3 Å². The van der Waals surface area contributed by atoms with Crippen molar-refractivity contribution in [2.75, 3.05) is 13.1 Å². The fourth-order valence-electron chi connectivity index (χ4n) is 3.84. The number of pyridine rings is 1. The Bertz CT molecular complexity index is 1280. The third-order valence-electron chi connectivity index (χ3n) is 5.58. The smallest absolute Gasteiger partial charge is 0.420 e. The van der Waals surface area contributed by atoms with E-state index in [1.807, 2.05) is 18.2 Å². The van der Waals surface area contributed by atoms with E-state index in [9.17, 15) is 9.59 Å². The van der Waals surface area contributed by atoms with Crippen molar-refractivity contribution in [2.24, 2.45) is 0 Å². The van der Waals surface area contributed by atoms with Gasteiger partial charge in [0.1, 0.15) is 12.6 Å². The lowest BCUT2D eigenvalue weighted by Crippen LogP contribution is -2.43. The zero-order valence-electron chi connectivity index (χ0n) is 17.3. The summed E-state index contributed by atoms with van der Waals surface area (Å²) in [5.74, 6) is -0.639. The van der Waals surface area contributed by atoms with Gasteiger partial charge in [0.2, 0.25) is 5.91 Å². The van der Waals surface area contributed by atoms with Gasteiger partial charge in [0.15, 0.2) is 5.58 Å². The number of nitrogens with zero attached hydrogens (tertiary/aromatic N) is 5. The number of amides is 1. The number of ether oxygens (including phenoxy) is 1. The lowest BCUT2D eigenvalue weighted by atomic mass is 10.1. The number of hydrogen-bond donors (Lipinski definition) is 0. The van der Waals surface area contributed by atoms with E-state index in [0.717, 1.165) is 11.1 Å². The number of oxazole rings is 1. The van der Waals surface area contributed by atoms with E-state index >= 15 is 0 Å². The standard InChI is InChI=1S/C23H21N5O4/c29-21(15-28-19-3-1-2-4-20(19)32-23(28)30)27-11-7-18(8-12-27)31-22-25-13-17(14-26-22)16-5-9-24-10-6-16/h1-6,9-10,13-14,18H,7-8,11-12,15H2. The van der Waals surface area contributed by atoms with Crippen LogP contribution in [0.2, 0.25) is 0 Å². The molecule has 0 saturated carbocycles. The van der Waals surface area contributed by atoms with E-state index in [0.29, 0.717) is 43.0 Å². The Kier molecular flexibility index (Phi) is 5.37. The Morgan fingerprint density at radius 3 is 2.50 bits per heavy atom. The molecule has 0 bridgehead atoms. The van der Waals surface area contributed by atoms with Crippen LogP contribution in [0.3, 0.4) is 0 Å². The topological polar surface area (TPSA) is 103 Å². The van der Waals surface area contributed by atoms with Gasteiger partial charge in [0.25, 0.3) is 0 Å². The van der Waals surface area contributed by atoms with Crippen molar-refractivity contribution in [3.63, 3.8) is 0 Å². The molecule has 0 spiro atoms. The molecule has 4 aromatic rings. The van der Waals surface area contributed by atoms with Crippen LogP contribution < -0.4 is 10.5 Å². The highest BCUT2D eigenvalue weighted by atomic mass is 16.5. The SMILES string of the molecule is O=C(Cn1c(=O)oc2ccccc21)N1CCC(Oc2ncc(-c3ccncc3)cn2)CC1. The number of aromatic nitrogens is 4. The lowest BCUT2D eigenvalue weighted by Gasteiger charge is -2.31. The molecule has 0 radical (unpaired) electrons. The summed E-state index contributed by atoms with van der Waals surface area (Å²) in [4.78, 5) is 39.2. The minimum atomic E-state index is -0.523. The number of likely N-dealkylation sites (tertiary alicyclic amines) is 1. The van der Waals surface area contributed by atoms with Gasteiger partial charge in [-0.25, -0.2) is 14.8 Å². The number of fused-ring (bicyclic) bond motifs is 1. The maximum Gasteiger partial charge on any atom is 0.420 e. The Hall–Kier alpha value is -4.01. The van der Waals surface area contributed by atoms with E-state index in [2.05, 4.69) is 15.0 Å². The number of hydrogen-bond acceptors (Lipinski definition) is 7. The van der Waals surface area contributed by atoms with Crippen molar-refractivity contribution in [1.82, 2.24) is 24.4 Å². The van der Waals surface area contributed by atoms with Crippen molar-refractivity contribution in [3.05, 3.63) is 71.7 Å². The molecule has 1 fully saturated rings. The zero-order chi connectivity index (χ0) is 21.9. The number of benzene rings is 1. The first-order valence-electron chi connectivity index (χ1n) is 10.4. The van der Waals surface area contributed by atoms with Crippen LogP contribution in [0.4, 0.5) is 0 Å². The monoisotopic (exact) mass is 431 g/mol. The third-order valence-corrected chi connectivity index (χ3v) is 5.58. The molecule has 0 unspecified atom stereocenters. The van der Waals surface area contributed by atoms with Crippen LogP contribution >= 0.6 is 0 Å². The van der Waals surface area contributed by atoms with Gasteiger partial charge in [-0.2, -0.15) is 0 Å². The molecule has 0 N–H and O–H groups in total. The second-order valence-electron chi connectivity index (χ2n) is 7.61. The second-order valence-corrected chi connectivity index (χ2v) is 7.61. The summed E-state index contributed by atoms with van der Waals surface area (Å²) in [5.41, 5.74) is 2.98. The van der Waals surface area contributed by atoms with Crippen LogP contribution in [0.1, 0.15) is 12.8 Å². The predicted octanol–water partition coefficient (Wildman–Crippen LogP) is 2.52. The number of carbonyl (C=O) groups is 1. The molecular weight excluding hydrogens is 410 g/mol. The van der Waals surface area contributed by atoms with Crippen molar-refractivity contribution in [1.29, 1.82) is 0 Å². The first kappa shape index (κ1) is 19.9. The minimum Gasteiger partial charge on any atom is -0.460 e.